The number of hydrogen-bond donors (Lipinski definition) is 2. The highest BCUT2D eigenvalue weighted by Crippen LogP contribution is 2.29. The third-order valence-corrected chi connectivity index (χ3v) is 10.6. The molecule has 0 saturated carbocycles. The van der Waals surface area contributed by atoms with Crippen molar-refractivity contribution in [3.05, 3.63) is 45.4 Å². The lowest BCUT2D eigenvalue weighted by atomic mass is 10.1. The number of benzene rings is 1. The molecule has 0 radical (unpaired) electrons. The minimum Gasteiger partial charge on any atom is -0.378 e. The zero-order valence-corrected chi connectivity index (χ0v) is 23.9. The Morgan fingerprint density at radius 3 is 2.76 bits per heavy atom. The van der Waals surface area contributed by atoms with Crippen LogP contribution in [0.2, 0.25) is 0 Å². The Hall–Kier alpha value is -3.32. The molecule has 2 amide bonds. The van der Waals surface area contributed by atoms with Crippen molar-refractivity contribution in [3.8, 4) is 12.3 Å². The van der Waals surface area contributed by atoms with E-state index in [1.807, 2.05) is 0 Å². The lowest BCUT2D eigenvalue weighted by Gasteiger charge is -2.41. The van der Waals surface area contributed by atoms with Gasteiger partial charge < -0.3 is 24.7 Å². The number of thiazole rings is 1. The van der Waals surface area contributed by atoms with Gasteiger partial charge in [-0.2, -0.15) is 9.37 Å². The standard InChI is InChI=1S/C27H30N6O6S2/c1-2-18-3-4-21-19(13-18)14-24(28-21)41(37,38)32-7-8-33(20(16-32)15-25(34)30-9-11-39-12-10-30)27(35)26-29-22-5-6-31(36)17-23(22)40-26/h1,3-4,13-14,20,28,36H,5-12,15-17H2. The van der Waals surface area contributed by atoms with Crippen molar-refractivity contribution >= 4 is 44.1 Å². The van der Waals surface area contributed by atoms with Gasteiger partial charge in [0.05, 0.1) is 31.5 Å². The number of carbonyl (C=O) groups excluding carboxylic acids is 2. The highest BCUT2D eigenvalue weighted by Gasteiger charge is 2.40. The van der Waals surface area contributed by atoms with Gasteiger partial charge in [0.15, 0.2) is 5.01 Å². The van der Waals surface area contributed by atoms with E-state index in [0.717, 1.165) is 10.6 Å². The first kappa shape index (κ1) is 27.8. The van der Waals surface area contributed by atoms with Crippen LogP contribution in [-0.2, 0) is 32.5 Å². The Balaban J connectivity index is 1.27. The van der Waals surface area contributed by atoms with E-state index in [-0.39, 0.29) is 47.9 Å². The Kier molecular flexibility index (Phi) is 7.58. The fourth-order valence-corrected chi connectivity index (χ4v) is 8.06. The average Bonchev–Trinajstić information content (AvgIpc) is 3.61. The molecular weight excluding hydrogens is 568 g/mol. The van der Waals surface area contributed by atoms with Gasteiger partial charge in [0, 0.05) is 73.5 Å². The molecule has 2 N–H and O–H groups in total. The number of piperazine rings is 1. The van der Waals surface area contributed by atoms with Crippen LogP contribution < -0.4 is 0 Å². The first-order chi connectivity index (χ1) is 19.7. The van der Waals surface area contributed by atoms with Crippen molar-refractivity contribution in [1.82, 2.24) is 29.1 Å². The molecule has 2 fully saturated rings. The zero-order chi connectivity index (χ0) is 28.7. The largest absolute Gasteiger partial charge is 0.378 e. The maximum Gasteiger partial charge on any atom is 0.283 e. The van der Waals surface area contributed by atoms with E-state index in [9.17, 15) is 23.2 Å². The van der Waals surface area contributed by atoms with Crippen LogP contribution in [0.1, 0.15) is 32.4 Å². The van der Waals surface area contributed by atoms with Crippen LogP contribution in [0.15, 0.2) is 29.3 Å². The van der Waals surface area contributed by atoms with E-state index in [1.54, 1.807) is 34.1 Å². The first-order valence-corrected chi connectivity index (χ1v) is 15.7. The van der Waals surface area contributed by atoms with Crippen LogP contribution in [0.3, 0.4) is 0 Å². The molecule has 1 aromatic carbocycles. The van der Waals surface area contributed by atoms with Gasteiger partial charge in [-0.15, -0.1) is 17.8 Å². The molecule has 14 heteroatoms. The molecule has 6 rings (SSSR count). The minimum absolute atomic E-state index is 0.0223. The van der Waals surface area contributed by atoms with Gasteiger partial charge in [-0.1, -0.05) is 5.92 Å². The number of carbonyl (C=O) groups is 2. The molecule has 0 bridgehead atoms. The van der Waals surface area contributed by atoms with Crippen LogP contribution >= 0.6 is 11.3 Å². The maximum absolute atomic E-state index is 13.8. The number of hydrogen-bond acceptors (Lipinski definition) is 9. The smallest absolute Gasteiger partial charge is 0.283 e. The number of fused-ring (bicyclic) bond motifs is 2. The molecule has 0 aliphatic carbocycles. The second-order valence-electron chi connectivity index (χ2n) is 10.3. The summed E-state index contributed by atoms with van der Waals surface area (Å²) in [5.74, 6) is 2.06. The van der Waals surface area contributed by atoms with E-state index in [1.165, 1.54) is 20.7 Å². The monoisotopic (exact) mass is 598 g/mol. The second-order valence-corrected chi connectivity index (χ2v) is 13.3. The lowest BCUT2D eigenvalue weighted by Crippen LogP contribution is -2.58. The molecule has 2 saturated heterocycles. The van der Waals surface area contributed by atoms with Gasteiger partial charge in [0.2, 0.25) is 5.91 Å². The SMILES string of the molecule is C#Cc1ccc2[nH]c(S(=O)(=O)N3CCN(C(=O)c4nc5c(s4)CN(O)CC5)C(CC(=O)N4CCOCC4)C3)cc2c1. The summed E-state index contributed by atoms with van der Waals surface area (Å²) < 4.78 is 34.2. The lowest BCUT2D eigenvalue weighted by molar-refractivity contribution is -0.136. The van der Waals surface area contributed by atoms with Crippen molar-refractivity contribution < 1.29 is 28.0 Å². The summed E-state index contributed by atoms with van der Waals surface area (Å²) in [6, 6.07) is 6.10. The molecule has 5 heterocycles. The van der Waals surface area contributed by atoms with Crippen molar-refractivity contribution in [2.75, 3.05) is 52.5 Å². The van der Waals surface area contributed by atoms with Crippen LogP contribution in [0.25, 0.3) is 10.9 Å². The van der Waals surface area contributed by atoms with Gasteiger partial charge in [-0.3, -0.25) is 9.59 Å². The highest BCUT2D eigenvalue weighted by molar-refractivity contribution is 7.89. The summed E-state index contributed by atoms with van der Waals surface area (Å²) in [6.45, 7) is 2.66. The fourth-order valence-electron chi connectivity index (χ4n) is 5.50. The number of morpholine rings is 1. The number of nitrogens with zero attached hydrogens (tertiary/aromatic N) is 5. The van der Waals surface area contributed by atoms with Gasteiger partial charge in [0.1, 0.15) is 5.03 Å². The number of amides is 2. The van der Waals surface area contributed by atoms with Gasteiger partial charge in [-0.05, 0) is 24.3 Å². The van der Waals surface area contributed by atoms with Crippen molar-refractivity contribution in [1.29, 1.82) is 0 Å². The number of nitrogens with one attached hydrogen (secondary N) is 1. The second kappa shape index (κ2) is 11.2. The van der Waals surface area contributed by atoms with Crippen molar-refractivity contribution in [3.63, 3.8) is 0 Å². The van der Waals surface area contributed by atoms with Gasteiger partial charge in [-0.25, -0.2) is 13.4 Å². The van der Waals surface area contributed by atoms with Crippen LogP contribution in [0.4, 0.5) is 0 Å². The number of ether oxygens (including phenoxy) is 1. The van der Waals surface area contributed by atoms with Crippen molar-refractivity contribution in [2.45, 2.75) is 30.5 Å². The number of rotatable bonds is 5. The number of sulfonamides is 1. The molecule has 3 aliphatic rings. The van der Waals surface area contributed by atoms with E-state index in [4.69, 9.17) is 11.2 Å². The van der Waals surface area contributed by atoms with Crippen LogP contribution in [0, 0.1) is 12.3 Å². The number of aromatic amines is 1. The minimum atomic E-state index is -3.96. The predicted molar refractivity (Wildman–Crippen MR) is 150 cm³/mol. The summed E-state index contributed by atoms with van der Waals surface area (Å²) in [4.78, 5) is 38.6. The van der Waals surface area contributed by atoms with Crippen LogP contribution in [-0.4, -0.2) is 113 Å². The summed E-state index contributed by atoms with van der Waals surface area (Å²) in [7, 11) is -3.96. The topological polar surface area (TPSA) is 139 Å². The first-order valence-electron chi connectivity index (χ1n) is 13.4. The predicted octanol–water partition coefficient (Wildman–Crippen LogP) is 1.12. The molecule has 3 aliphatic heterocycles. The molecule has 1 atom stereocenters. The summed E-state index contributed by atoms with van der Waals surface area (Å²) >= 11 is 1.23. The normalized spacial score (nSPS) is 20.6. The average molecular weight is 599 g/mol. The molecule has 216 valence electrons. The quantitative estimate of drug-likeness (QED) is 0.417. The zero-order valence-electron chi connectivity index (χ0n) is 22.3. The Bertz CT molecular complexity index is 1640. The number of H-pyrrole nitrogens is 1. The highest BCUT2D eigenvalue weighted by atomic mass is 32.2. The number of aromatic nitrogens is 2. The number of terminal acetylenes is 1. The summed E-state index contributed by atoms with van der Waals surface area (Å²) in [6.07, 6.45) is 6.01. The Morgan fingerprint density at radius 1 is 1.17 bits per heavy atom. The third-order valence-electron chi connectivity index (χ3n) is 7.75. The van der Waals surface area contributed by atoms with Crippen LogP contribution in [0.5, 0.6) is 0 Å². The fraction of sp³-hybridized carbons (Fsp3) is 0.444. The van der Waals surface area contributed by atoms with E-state index in [0.29, 0.717) is 62.3 Å². The Morgan fingerprint density at radius 2 is 1.98 bits per heavy atom. The molecule has 3 aromatic rings. The van der Waals surface area contributed by atoms with Gasteiger partial charge >= 0.3 is 0 Å². The maximum atomic E-state index is 13.8. The van der Waals surface area contributed by atoms with Crippen molar-refractivity contribution in [2.24, 2.45) is 0 Å². The van der Waals surface area contributed by atoms with E-state index >= 15 is 0 Å². The molecule has 2 aromatic heterocycles. The molecule has 12 nitrogen and oxygen atoms in total. The molecule has 1 unspecified atom stereocenters. The third kappa shape index (κ3) is 5.49. The summed E-state index contributed by atoms with van der Waals surface area (Å²) in [5, 5.41) is 12.1. The Labute approximate surface area is 241 Å². The summed E-state index contributed by atoms with van der Waals surface area (Å²) in [5.41, 5.74) is 2.08. The van der Waals surface area contributed by atoms with E-state index < -0.39 is 16.1 Å². The molecule has 0 spiro atoms. The number of hydroxylamine groups is 2. The van der Waals surface area contributed by atoms with E-state index in [2.05, 4.69) is 15.9 Å². The molecule has 41 heavy (non-hydrogen) atoms. The van der Waals surface area contributed by atoms with Gasteiger partial charge in [0.25, 0.3) is 15.9 Å². The molecular formula is C27H30N6O6S2.